The van der Waals surface area contributed by atoms with Crippen LogP contribution in [-0.4, -0.2) is 66.7 Å². The van der Waals surface area contributed by atoms with Crippen LogP contribution in [0.5, 0.6) is 0 Å². The van der Waals surface area contributed by atoms with E-state index in [1.54, 1.807) is 25.7 Å². The molecule has 0 bridgehead atoms. The molecule has 0 unspecified atom stereocenters. The molecule has 0 aliphatic carbocycles. The van der Waals surface area contributed by atoms with Crippen molar-refractivity contribution < 1.29 is 22.4 Å². The SMILES string of the molecule is CC(C)(C)C(=O)N1CCN(C(=O)c2cccc(F)c2)[C@@H]2CS(=O)(=O)C[C@@H]21. The number of fused-ring (bicyclic) bond motifs is 1. The van der Waals surface area contributed by atoms with E-state index in [9.17, 15) is 22.4 Å². The molecule has 142 valence electrons. The summed E-state index contributed by atoms with van der Waals surface area (Å²) in [4.78, 5) is 28.7. The molecule has 1 aromatic carbocycles. The maximum absolute atomic E-state index is 13.5. The molecule has 6 nitrogen and oxygen atoms in total. The van der Waals surface area contributed by atoms with Crippen LogP contribution in [0.2, 0.25) is 0 Å². The zero-order valence-electron chi connectivity index (χ0n) is 15.1. The lowest BCUT2D eigenvalue weighted by molar-refractivity contribution is -0.144. The molecule has 0 radical (unpaired) electrons. The molecule has 2 saturated heterocycles. The van der Waals surface area contributed by atoms with E-state index in [4.69, 9.17) is 0 Å². The molecule has 2 amide bonds. The van der Waals surface area contributed by atoms with E-state index in [1.807, 2.05) is 0 Å². The van der Waals surface area contributed by atoms with Gasteiger partial charge in [-0.1, -0.05) is 26.8 Å². The minimum absolute atomic E-state index is 0.123. The van der Waals surface area contributed by atoms with Gasteiger partial charge in [0.25, 0.3) is 5.91 Å². The van der Waals surface area contributed by atoms with Crippen molar-refractivity contribution in [2.45, 2.75) is 32.9 Å². The zero-order valence-corrected chi connectivity index (χ0v) is 15.9. The van der Waals surface area contributed by atoms with Crippen LogP contribution in [0.1, 0.15) is 31.1 Å². The van der Waals surface area contributed by atoms with E-state index >= 15 is 0 Å². The maximum atomic E-state index is 13.5. The number of halogens is 1. The average Bonchev–Trinajstić information content (AvgIpc) is 2.86. The first-order chi connectivity index (χ1) is 12.0. The van der Waals surface area contributed by atoms with Crippen molar-refractivity contribution >= 4 is 21.7 Å². The third-order valence-electron chi connectivity index (χ3n) is 4.91. The van der Waals surface area contributed by atoms with E-state index < -0.39 is 39.1 Å². The van der Waals surface area contributed by atoms with Crippen molar-refractivity contribution in [3.63, 3.8) is 0 Å². The minimum Gasteiger partial charge on any atom is -0.334 e. The Morgan fingerprint density at radius 1 is 1.08 bits per heavy atom. The van der Waals surface area contributed by atoms with Gasteiger partial charge in [-0.3, -0.25) is 9.59 Å². The Morgan fingerprint density at radius 3 is 2.23 bits per heavy atom. The second-order valence-corrected chi connectivity index (χ2v) is 10.1. The standard InChI is InChI=1S/C18H23FN2O4S/c1-18(2,3)17(23)21-8-7-20(14-10-26(24,25)11-15(14)21)16(22)12-5-4-6-13(19)9-12/h4-6,9,14-15H,7-8,10-11H2,1-3H3/t14-,15+/m1/s1. The third-order valence-corrected chi connectivity index (χ3v) is 6.61. The van der Waals surface area contributed by atoms with Crippen molar-refractivity contribution in [2.24, 2.45) is 5.41 Å². The lowest BCUT2D eigenvalue weighted by Crippen LogP contribution is -2.63. The lowest BCUT2D eigenvalue weighted by Gasteiger charge is -2.45. The van der Waals surface area contributed by atoms with Crippen LogP contribution in [-0.2, 0) is 14.6 Å². The summed E-state index contributed by atoms with van der Waals surface area (Å²) in [6.07, 6.45) is 0. The Kier molecular flexibility index (Phi) is 4.58. The smallest absolute Gasteiger partial charge is 0.254 e. The first-order valence-electron chi connectivity index (χ1n) is 8.58. The second kappa shape index (κ2) is 6.33. The summed E-state index contributed by atoms with van der Waals surface area (Å²) in [7, 11) is -3.36. The molecule has 8 heteroatoms. The van der Waals surface area contributed by atoms with Crippen molar-refractivity contribution in [1.82, 2.24) is 9.80 Å². The Morgan fingerprint density at radius 2 is 1.65 bits per heavy atom. The van der Waals surface area contributed by atoms with Crippen molar-refractivity contribution in [2.75, 3.05) is 24.6 Å². The number of benzene rings is 1. The molecule has 2 aliphatic rings. The monoisotopic (exact) mass is 382 g/mol. The summed E-state index contributed by atoms with van der Waals surface area (Å²) in [5, 5.41) is 0. The van der Waals surface area contributed by atoms with Crippen molar-refractivity contribution in [1.29, 1.82) is 0 Å². The number of piperazine rings is 1. The molecule has 3 rings (SSSR count). The van der Waals surface area contributed by atoms with Crippen LogP contribution >= 0.6 is 0 Å². The fourth-order valence-corrected chi connectivity index (χ4v) is 5.66. The number of carbonyl (C=O) groups is 2. The molecule has 0 spiro atoms. The number of nitrogens with zero attached hydrogens (tertiary/aromatic N) is 2. The summed E-state index contributed by atoms with van der Waals surface area (Å²) >= 11 is 0. The molecule has 0 N–H and O–H groups in total. The average molecular weight is 382 g/mol. The van der Waals surface area contributed by atoms with Crippen LogP contribution in [0.3, 0.4) is 0 Å². The van der Waals surface area contributed by atoms with Gasteiger partial charge in [-0.05, 0) is 18.2 Å². The summed E-state index contributed by atoms with van der Waals surface area (Å²) in [6.45, 7) is 5.87. The van der Waals surface area contributed by atoms with Gasteiger partial charge in [0.2, 0.25) is 5.91 Å². The number of hydrogen-bond acceptors (Lipinski definition) is 4. The normalized spacial score (nSPS) is 25.1. The Hall–Kier alpha value is -1.96. The molecule has 0 aromatic heterocycles. The topological polar surface area (TPSA) is 74.8 Å². The minimum atomic E-state index is -3.36. The highest BCUT2D eigenvalue weighted by atomic mass is 32.2. The van der Waals surface area contributed by atoms with Gasteiger partial charge in [0.1, 0.15) is 5.82 Å². The first-order valence-corrected chi connectivity index (χ1v) is 10.4. The van der Waals surface area contributed by atoms with Gasteiger partial charge in [0.15, 0.2) is 9.84 Å². The van der Waals surface area contributed by atoms with E-state index in [1.165, 1.54) is 23.1 Å². The van der Waals surface area contributed by atoms with Gasteiger partial charge in [0.05, 0.1) is 23.6 Å². The summed E-state index contributed by atoms with van der Waals surface area (Å²) in [5.74, 6) is -1.37. The van der Waals surface area contributed by atoms with Gasteiger partial charge >= 0.3 is 0 Å². The van der Waals surface area contributed by atoms with Crippen LogP contribution in [0.4, 0.5) is 4.39 Å². The molecule has 2 atom stereocenters. The molecule has 2 fully saturated rings. The molecule has 0 saturated carbocycles. The van der Waals surface area contributed by atoms with Gasteiger partial charge < -0.3 is 9.80 Å². The zero-order chi connectivity index (χ0) is 19.3. The second-order valence-electron chi connectivity index (χ2n) is 7.97. The predicted molar refractivity (Wildman–Crippen MR) is 94.8 cm³/mol. The van der Waals surface area contributed by atoms with Gasteiger partial charge in [-0.2, -0.15) is 0 Å². The number of amides is 2. The van der Waals surface area contributed by atoms with E-state index in [-0.39, 0.29) is 36.1 Å². The quantitative estimate of drug-likeness (QED) is 0.734. The van der Waals surface area contributed by atoms with Crippen LogP contribution < -0.4 is 0 Å². The fraction of sp³-hybridized carbons (Fsp3) is 0.556. The van der Waals surface area contributed by atoms with Gasteiger partial charge in [-0.25, -0.2) is 12.8 Å². The maximum Gasteiger partial charge on any atom is 0.254 e. The van der Waals surface area contributed by atoms with Gasteiger partial charge in [-0.15, -0.1) is 0 Å². The van der Waals surface area contributed by atoms with E-state index in [0.717, 1.165) is 6.07 Å². The Bertz CT molecular complexity index is 847. The highest BCUT2D eigenvalue weighted by Crippen LogP contribution is 2.31. The number of hydrogen-bond donors (Lipinski definition) is 0. The highest BCUT2D eigenvalue weighted by Gasteiger charge is 2.50. The van der Waals surface area contributed by atoms with Crippen LogP contribution in [0, 0.1) is 11.2 Å². The largest absolute Gasteiger partial charge is 0.334 e. The number of sulfone groups is 1. The van der Waals surface area contributed by atoms with Crippen LogP contribution in [0.15, 0.2) is 24.3 Å². The molecular weight excluding hydrogens is 359 g/mol. The highest BCUT2D eigenvalue weighted by molar-refractivity contribution is 7.91. The third kappa shape index (κ3) is 3.47. The molecule has 2 heterocycles. The van der Waals surface area contributed by atoms with E-state index in [0.29, 0.717) is 0 Å². The van der Waals surface area contributed by atoms with Crippen LogP contribution in [0.25, 0.3) is 0 Å². The van der Waals surface area contributed by atoms with Gasteiger partial charge in [0, 0.05) is 24.1 Å². The predicted octanol–water partition coefficient (Wildman–Crippen LogP) is 1.32. The number of rotatable bonds is 1. The Labute approximate surface area is 152 Å². The summed E-state index contributed by atoms with van der Waals surface area (Å²) in [6, 6.07) is 4.20. The molecule has 26 heavy (non-hydrogen) atoms. The summed E-state index contributed by atoms with van der Waals surface area (Å²) in [5.41, 5.74) is -0.449. The molecule has 2 aliphatic heterocycles. The first kappa shape index (κ1) is 18.8. The molecule has 1 aromatic rings. The number of carbonyl (C=O) groups excluding carboxylic acids is 2. The molecular formula is C18H23FN2O4S. The fourth-order valence-electron chi connectivity index (χ4n) is 3.68. The van der Waals surface area contributed by atoms with E-state index in [2.05, 4.69) is 0 Å². The Balaban J connectivity index is 1.92. The van der Waals surface area contributed by atoms with Crippen molar-refractivity contribution in [3.05, 3.63) is 35.6 Å². The lowest BCUT2D eigenvalue weighted by atomic mass is 9.92. The summed E-state index contributed by atoms with van der Waals surface area (Å²) < 4.78 is 37.9. The van der Waals surface area contributed by atoms with Crippen molar-refractivity contribution in [3.8, 4) is 0 Å².